The molecule has 1 saturated heterocycles. The van der Waals surface area contributed by atoms with E-state index in [2.05, 4.69) is 18.7 Å². The first-order chi connectivity index (χ1) is 13.4. The zero-order chi connectivity index (χ0) is 19.8. The number of rotatable bonds is 3. The summed E-state index contributed by atoms with van der Waals surface area (Å²) in [6.07, 6.45) is 0. The van der Waals surface area contributed by atoms with Crippen LogP contribution in [0.1, 0.15) is 35.5 Å². The molecule has 0 radical (unpaired) electrons. The topological polar surface area (TPSA) is 36.7 Å². The molecule has 5 heteroatoms. The van der Waals surface area contributed by atoms with Gasteiger partial charge in [-0.2, -0.15) is 0 Å². The fourth-order valence-electron chi connectivity index (χ4n) is 3.94. The van der Waals surface area contributed by atoms with Gasteiger partial charge in [-0.3, -0.25) is 9.69 Å². The molecule has 0 unspecified atom stereocenters. The van der Waals surface area contributed by atoms with Crippen LogP contribution < -0.4 is 0 Å². The van der Waals surface area contributed by atoms with Crippen molar-refractivity contribution in [3.63, 3.8) is 0 Å². The molecule has 0 aliphatic carbocycles. The average molecular weight is 380 g/mol. The lowest BCUT2D eigenvalue weighted by atomic mass is 10.1. The molecule has 2 heterocycles. The van der Waals surface area contributed by atoms with Gasteiger partial charge in [0.15, 0.2) is 5.76 Å². The third-order valence-corrected chi connectivity index (χ3v) is 5.56. The van der Waals surface area contributed by atoms with E-state index < -0.39 is 0 Å². The minimum absolute atomic E-state index is 0.0605. The first-order valence-electron chi connectivity index (χ1n) is 9.70. The number of nitrogens with zero attached hydrogens (tertiary/aromatic N) is 2. The third-order valence-electron chi connectivity index (χ3n) is 5.56. The van der Waals surface area contributed by atoms with E-state index in [-0.39, 0.29) is 23.8 Å². The number of amides is 1. The van der Waals surface area contributed by atoms with Crippen molar-refractivity contribution in [1.29, 1.82) is 0 Å². The Kier molecular flexibility index (Phi) is 4.94. The Labute approximate surface area is 164 Å². The molecule has 1 aliphatic heterocycles. The summed E-state index contributed by atoms with van der Waals surface area (Å²) >= 11 is 0. The first kappa shape index (κ1) is 18.7. The minimum atomic E-state index is -0.221. The molecule has 1 aliphatic rings. The normalized spacial score (nSPS) is 20.6. The fourth-order valence-corrected chi connectivity index (χ4v) is 3.94. The van der Waals surface area contributed by atoms with E-state index >= 15 is 0 Å². The lowest BCUT2D eigenvalue weighted by Gasteiger charge is -2.43. The van der Waals surface area contributed by atoms with E-state index in [1.165, 1.54) is 12.1 Å². The van der Waals surface area contributed by atoms with E-state index in [0.29, 0.717) is 12.3 Å². The van der Waals surface area contributed by atoms with Crippen LogP contribution in [0.4, 0.5) is 4.39 Å². The van der Waals surface area contributed by atoms with Crippen molar-refractivity contribution < 1.29 is 13.6 Å². The molecular formula is C23H25FN2O2. The molecule has 1 fully saturated rings. The van der Waals surface area contributed by atoms with Crippen molar-refractivity contribution in [3.8, 4) is 0 Å². The number of halogens is 1. The van der Waals surface area contributed by atoms with Crippen molar-refractivity contribution in [2.75, 3.05) is 13.1 Å². The smallest absolute Gasteiger partial charge is 0.289 e. The number of carbonyl (C=O) groups excluding carboxylic acids is 1. The van der Waals surface area contributed by atoms with Crippen LogP contribution in [-0.4, -0.2) is 40.9 Å². The van der Waals surface area contributed by atoms with Gasteiger partial charge in [-0.25, -0.2) is 4.39 Å². The van der Waals surface area contributed by atoms with Gasteiger partial charge in [-0.1, -0.05) is 23.8 Å². The highest BCUT2D eigenvalue weighted by molar-refractivity contribution is 5.96. The fraction of sp³-hybridized carbons (Fsp3) is 0.348. The van der Waals surface area contributed by atoms with Gasteiger partial charge in [-0.05, 0) is 56.7 Å². The van der Waals surface area contributed by atoms with Crippen molar-refractivity contribution in [2.45, 2.75) is 39.4 Å². The molecule has 3 aromatic rings. The largest absolute Gasteiger partial charge is 0.451 e. The van der Waals surface area contributed by atoms with Gasteiger partial charge < -0.3 is 9.32 Å². The van der Waals surface area contributed by atoms with Crippen LogP contribution in [0.2, 0.25) is 0 Å². The highest BCUT2D eigenvalue weighted by Crippen LogP contribution is 2.25. The SMILES string of the molecule is Cc1ccc2oc(C(=O)N3C[C@H](C)N(Cc4ccc(F)cc4)C[C@H]3C)cc2c1. The van der Waals surface area contributed by atoms with Crippen molar-refractivity contribution in [1.82, 2.24) is 9.80 Å². The lowest BCUT2D eigenvalue weighted by molar-refractivity contribution is 0.0269. The number of piperazine rings is 1. The molecule has 2 atom stereocenters. The Morgan fingerprint density at radius 1 is 1.07 bits per heavy atom. The summed E-state index contributed by atoms with van der Waals surface area (Å²) in [6, 6.07) is 14.7. The molecule has 1 amide bonds. The summed E-state index contributed by atoms with van der Waals surface area (Å²) in [4.78, 5) is 17.3. The predicted molar refractivity (Wildman–Crippen MR) is 108 cm³/mol. The second kappa shape index (κ2) is 7.40. The highest BCUT2D eigenvalue weighted by Gasteiger charge is 2.33. The van der Waals surface area contributed by atoms with E-state index in [1.54, 1.807) is 0 Å². The molecule has 0 spiro atoms. The molecular weight excluding hydrogens is 355 g/mol. The third kappa shape index (κ3) is 3.67. The minimum Gasteiger partial charge on any atom is -0.451 e. The van der Waals surface area contributed by atoms with Crippen LogP contribution in [0, 0.1) is 12.7 Å². The Hall–Kier alpha value is -2.66. The first-order valence-corrected chi connectivity index (χ1v) is 9.70. The van der Waals surface area contributed by atoms with E-state index in [0.717, 1.165) is 35.2 Å². The number of hydrogen-bond donors (Lipinski definition) is 0. The molecule has 0 N–H and O–H groups in total. The van der Waals surface area contributed by atoms with Gasteiger partial charge >= 0.3 is 0 Å². The zero-order valence-electron chi connectivity index (χ0n) is 16.5. The molecule has 4 nitrogen and oxygen atoms in total. The van der Waals surface area contributed by atoms with Crippen molar-refractivity contribution >= 4 is 16.9 Å². The monoisotopic (exact) mass is 380 g/mol. The molecule has 0 saturated carbocycles. The standard InChI is InChI=1S/C23H25FN2O2/c1-15-4-9-21-19(10-15)11-22(28-21)23(27)26-13-16(2)25(12-17(26)3)14-18-5-7-20(24)8-6-18/h4-11,16-17H,12-14H2,1-3H3/t16-,17+/m0/s1. The van der Waals surface area contributed by atoms with E-state index in [9.17, 15) is 9.18 Å². The summed E-state index contributed by atoms with van der Waals surface area (Å²) in [5, 5.41) is 0.957. The average Bonchev–Trinajstić information content (AvgIpc) is 3.09. The summed E-state index contributed by atoms with van der Waals surface area (Å²) in [5.74, 6) is 0.114. The predicted octanol–water partition coefficient (Wildman–Crippen LogP) is 4.62. The number of fused-ring (bicyclic) bond motifs is 1. The molecule has 2 aromatic carbocycles. The second-order valence-corrected chi connectivity index (χ2v) is 7.86. The van der Waals surface area contributed by atoms with Crippen LogP contribution in [0.3, 0.4) is 0 Å². The number of carbonyl (C=O) groups is 1. The van der Waals surface area contributed by atoms with Gasteiger partial charge in [0.1, 0.15) is 11.4 Å². The highest BCUT2D eigenvalue weighted by atomic mass is 19.1. The summed E-state index contributed by atoms with van der Waals surface area (Å²) < 4.78 is 19.0. The van der Waals surface area contributed by atoms with Crippen LogP contribution in [-0.2, 0) is 6.54 Å². The van der Waals surface area contributed by atoms with Gasteiger partial charge in [0.2, 0.25) is 0 Å². The molecule has 28 heavy (non-hydrogen) atoms. The molecule has 1 aromatic heterocycles. The number of aryl methyl sites for hydroxylation is 1. The van der Waals surface area contributed by atoms with Crippen LogP contribution in [0.15, 0.2) is 52.9 Å². The maximum absolute atomic E-state index is 13.1. The number of hydrogen-bond acceptors (Lipinski definition) is 3. The van der Waals surface area contributed by atoms with Crippen LogP contribution in [0.25, 0.3) is 11.0 Å². The second-order valence-electron chi connectivity index (χ2n) is 7.86. The van der Waals surface area contributed by atoms with E-state index in [4.69, 9.17) is 4.42 Å². The van der Waals surface area contributed by atoms with Crippen molar-refractivity contribution in [3.05, 3.63) is 71.2 Å². The Morgan fingerprint density at radius 2 is 1.82 bits per heavy atom. The van der Waals surface area contributed by atoms with Gasteiger partial charge in [0.05, 0.1) is 0 Å². The van der Waals surface area contributed by atoms with Gasteiger partial charge in [0.25, 0.3) is 5.91 Å². The summed E-state index contributed by atoms with van der Waals surface area (Å²) in [6.45, 7) is 8.36. The lowest BCUT2D eigenvalue weighted by Crippen LogP contribution is -2.57. The zero-order valence-corrected chi connectivity index (χ0v) is 16.5. The Balaban J connectivity index is 1.48. The van der Waals surface area contributed by atoms with Crippen LogP contribution in [0.5, 0.6) is 0 Å². The Morgan fingerprint density at radius 3 is 2.57 bits per heavy atom. The maximum Gasteiger partial charge on any atom is 0.289 e. The summed E-state index contributed by atoms with van der Waals surface area (Å²) in [5.41, 5.74) is 2.96. The van der Waals surface area contributed by atoms with Crippen molar-refractivity contribution in [2.24, 2.45) is 0 Å². The maximum atomic E-state index is 13.1. The quantitative estimate of drug-likeness (QED) is 0.666. The molecule has 0 bridgehead atoms. The summed E-state index contributed by atoms with van der Waals surface area (Å²) in [7, 11) is 0. The Bertz CT molecular complexity index is 996. The van der Waals surface area contributed by atoms with Gasteiger partial charge in [-0.15, -0.1) is 0 Å². The molecule has 4 rings (SSSR count). The molecule has 146 valence electrons. The number of benzene rings is 2. The van der Waals surface area contributed by atoms with Crippen LogP contribution >= 0.6 is 0 Å². The number of furan rings is 1. The van der Waals surface area contributed by atoms with Gasteiger partial charge in [0, 0.05) is 37.1 Å². The van der Waals surface area contributed by atoms with E-state index in [1.807, 2.05) is 48.2 Å².